The number of rotatable bonds is 5. The third-order valence-corrected chi connectivity index (χ3v) is 16.3. The fourth-order valence-corrected chi connectivity index (χ4v) is 13.0. The lowest BCUT2D eigenvalue weighted by molar-refractivity contribution is 0.794. The second-order valence-electron chi connectivity index (χ2n) is 20.2. The molecule has 1 spiro atoms. The Morgan fingerprint density at radius 2 is 0.720 bits per heavy atom. The molecule has 3 nitrogen and oxygen atoms in total. The van der Waals surface area contributed by atoms with Gasteiger partial charge in [-0.25, -0.2) is 9.97 Å². The van der Waals surface area contributed by atoms with Crippen LogP contribution in [0.3, 0.4) is 0 Å². The second kappa shape index (κ2) is 16.1. The van der Waals surface area contributed by atoms with Crippen LogP contribution in [0.2, 0.25) is 0 Å². The van der Waals surface area contributed by atoms with Crippen molar-refractivity contribution >= 4 is 54.1 Å². The minimum absolute atomic E-state index is 0.461. The van der Waals surface area contributed by atoms with Gasteiger partial charge in [0.15, 0.2) is 0 Å². The van der Waals surface area contributed by atoms with Crippen molar-refractivity contribution in [2.24, 2.45) is 0 Å². The first-order valence-electron chi connectivity index (χ1n) is 25.8. The van der Waals surface area contributed by atoms with Crippen LogP contribution < -0.4 is 0 Å². The van der Waals surface area contributed by atoms with Crippen LogP contribution in [0.5, 0.6) is 0 Å². The Morgan fingerprint density at radius 1 is 0.240 bits per heavy atom. The van der Waals surface area contributed by atoms with E-state index in [0.29, 0.717) is 0 Å². The first kappa shape index (κ1) is 41.8. The molecule has 2 aliphatic rings. The molecule has 14 aromatic rings. The molecule has 0 amide bonds. The summed E-state index contributed by atoms with van der Waals surface area (Å²) in [5, 5.41) is 9.36. The van der Waals surface area contributed by atoms with Crippen molar-refractivity contribution in [2.45, 2.75) is 5.41 Å². The first-order chi connectivity index (χ1) is 37.2. The number of aromatic nitrogens is 3. The Kier molecular flexibility index (Phi) is 8.96. The highest BCUT2D eigenvalue weighted by Crippen LogP contribution is 2.63. The van der Waals surface area contributed by atoms with Gasteiger partial charge in [-0.3, -0.25) is 4.98 Å². The Balaban J connectivity index is 0.950. The molecule has 2 heterocycles. The van der Waals surface area contributed by atoms with E-state index in [9.17, 15) is 0 Å². The van der Waals surface area contributed by atoms with Crippen molar-refractivity contribution in [1.82, 2.24) is 15.0 Å². The molecule has 0 saturated carbocycles. The van der Waals surface area contributed by atoms with Gasteiger partial charge in [0.25, 0.3) is 0 Å². The van der Waals surface area contributed by atoms with E-state index in [1.54, 1.807) is 0 Å². The predicted octanol–water partition coefficient (Wildman–Crippen LogP) is 18.3. The van der Waals surface area contributed by atoms with Crippen molar-refractivity contribution in [3.8, 4) is 78.3 Å². The smallest absolute Gasteiger partial charge is 0.0979 e. The second-order valence-corrected chi connectivity index (χ2v) is 20.2. The third-order valence-electron chi connectivity index (χ3n) is 16.3. The summed E-state index contributed by atoms with van der Waals surface area (Å²) in [7, 11) is 0. The van der Waals surface area contributed by atoms with Gasteiger partial charge in [0.05, 0.1) is 39.7 Å². The molecule has 75 heavy (non-hydrogen) atoms. The summed E-state index contributed by atoms with van der Waals surface area (Å²) in [4.78, 5) is 16.4. The summed E-state index contributed by atoms with van der Waals surface area (Å²) >= 11 is 0. The monoisotopic (exact) mass is 949 g/mol. The van der Waals surface area contributed by atoms with Crippen molar-refractivity contribution in [1.29, 1.82) is 0 Å². The lowest BCUT2D eigenvalue weighted by Gasteiger charge is -2.30. The van der Waals surface area contributed by atoms with Crippen molar-refractivity contribution in [3.63, 3.8) is 0 Å². The summed E-state index contributed by atoms with van der Waals surface area (Å²) in [5.41, 5.74) is 21.9. The highest BCUT2D eigenvalue weighted by molar-refractivity contribution is 6.23. The summed E-state index contributed by atoms with van der Waals surface area (Å²) in [6, 6.07) is 93.3. The molecule has 0 aliphatic heterocycles. The zero-order chi connectivity index (χ0) is 49.2. The maximum absolute atomic E-state index is 5.61. The average molecular weight is 950 g/mol. The topological polar surface area (TPSA) is 38.7 Å². The van der Waals surface area contributed by atoms with Gasteiger partial charge in [0.2, 0.25) is 0 Å². The summed E-state index contributed by atoms with van der Waals surface area (Å²) in [6.07, 6.45) is 1.96. The molecule has 0 atom stereocenters. The van der Waals surface area contributed by atoms with Gasteiger partial charge in [0, 0.05) is 27.5 Å². The van der Waals surface area contributed by atoms with Crippen LogP contribution in [-0.4, -0.2) is 15.0 Å². The van der Waals surface area contributed by atoms with Crippen LogP contribution in [-0.2, 0) is 5.41 Å². The molecule has 3 heteroatoms. The number of pyridine rings is 1. The van der Waals surface area contributed by atoms with Gasteiger partial charge >= 0.3 is 0 Å². The van der Waals surface area contributed by atoms with E-state index in [1.807, 2.05) is 6.20 Å². The van der Waals surface area contributed by atoms with E-state index in [0.717, 1.165) is 77.8 Å². The van der Waals surface area contributed by atoms with Crippen LogP contribution in [0.15, 0.2) is 261 Å². The minimum Gasteiger partial charge on any atom is -0.252 e. The zero-order valence-corrected chi connectivity index (χ0v) is 40.7. The number of fused-ring (bicyclic) bond motifs is 19. The van der Waals surface area contributed by atoms with Gasteiger partial charge in [-0.15, -0.1) is 0 Å². The van der Waals surface area contributed by atoms with Crippen LogP contribution >= 0.6 is 0 Å². The van der Waals surface area contributed by atoms with Crippen molar-refractivity contribution < 1.29 is 0 Å². The highest BCUT2D eigenvalue weighted by Gasteiger charge is 2.51. The van der Waals surface area contributed by atoms with Crippen LogP contribution in [0, 0.1) is 0 Å². The number of nitrogens with zero attached hydrogens (tertiary/aromatic N) is 3. The van der Waals surface area contributed by atoms with Gasteiger partial charge in [-0.2, -0.15) is 0 Å². The first-order valence-corrected chi connectivity index (χ1v) is 25.8. The van der Waals surface area contributed by atoms with E-state index in [4.69, 9.17) is 15.0 Å². The van der Waals surface area contributed by atoms with E-state index in [2.05, 4.69) is 255 Å². The average Bonchev–Trinajstić information content (AvgIpc) is 3.99. The normalized spacial score (nSPS) is 12.9. The van der Waals surface area contributed by atoms with Crippen LogP contribution in [0.4, 0.5) is 0 Å². The summed E-state index contributed by atoms with van der Waals surface area (Å²) in [5.74, 6) is 0. The Bertz CT molecular complexity index is 4630. The van der Waals surface area contributed by atoms with Gasteiger partial charge < -0.3 is 0 Å². The van der Waals surface area contributed by atoms with Crippen molar-refractivity contribution in [2.75, 3.05) is 0 Å². The molecule has 2 aromatic heterocycles. The Labute approximate surface area is 433 Å². The fourth-order valence-electron chi connectivity index (χ4n) is 13.0. The van der Waals surface area contributed by atoms with Crippen LogP contribution in [0.25, 0.3) is 132 Å². The summed E-state index contributed by atoms with van der Waals surface area (Å²) in [6.45, 7) is 0. The molecule has 346 valence electrons. The quantitative estimate of drug-likeness (QED) is 0.161. The third kappa shape index (κ3) is 6.13. The summed E-state index contributed by atoms with van der Waals surface area (Å²) < 4.78 is 0. The van der Waals surface area contributed by atoms with Crippen LogP contribution in [0.1, 0.15) is 22.3 Å². The Morgan fingerprint density at radius 3 is 1.37 bits per heavy atom. The lowest BCUT2D eigenvalue weighted by atomic mass is 9.70. The molecule has 0 N–H and O–H groups in total. The largest absolute Gasteiger partial charge is 0.252 e. The minimum atomic E-state index is -0.461. The van der Waals surface area contributed by atoms with E-state index in [-0.39, 0.29) is 0 Å². The number of hydrogen-bond acceptors (Lipinski definition) is 3. The van der Waals surface area contributed by atoms with Gasteiger partial charge in [0.1, 0.15) is 0 Å². The van der Waals surface area contributed by atoms with E-state index in [1.165, 1.54) is 76.8 Å². The maximum Gasteiger partial charge on any atom is 0.0979 e. The Hall–Kier alpha value is -9.83. The number of benzene rings is 12. The van der Waals surface area contributed by atoms with E-state index < -0.39 is 5.41 Å². The standard InChI is InChI=1S/C72H43N3/c1-2-18-44(19-3-1)67-41-47(45-34-35-59-58-28-14-17-33-65(58)72(66(59)40-45)63-31-15-12-26-56(63)57-27-13-16-32-64(57)72)42-68(74-67)49-36-48(62-39-46-20-4-5-21-51(46)52-22-6-7-25-55(52)62)37-50(38-49)69-43-73-70-60-29-10-8-23-53(60)54-24-9-11-30-61(54)71(70)75-69/h1-43H. The van der Waals surface area contributed by atoms with Gasteiger partial charge in [-0.1, -0.05) is 212 Å². The molecule has 0 fully saturated rings. The molecule has 2 aliphatic carbocycles. The molecule has 16 rings (SSSR count). The molecule has 0 radical (unpaired) electrons. The molecular weight excluding hydrogens is 907 g/mol. The highest BCUT2D eigenvalue weighted by atomic mass is 14.8. The molecule has 0 bridgehead atoms. The SMILES string of the molecule is c1ccc(-c2cc(-c3ccc4c(c3)C3(c5ccccc5-c5ccccc53)c3ccccc3-4)cc(-c3cc(-c4cnc5c6ccccc6c6ccccc6c5n4)cc(-c4cc5ccccc5c5ccccc45)c3)n2)cc1. The lowest BCUT2D eigenvalue weighted by Crippen LogP contribution is -2.25. The zero-order valence-electron chi connectivity index (χ0n) is 40.7. The molecule has 0 unspecified atom stereocenters. The van der Waals surface area contributed by atoms with Crippen molar-refractivity contribution in [3.05, 3.63) is 283 Å². The molecule has 12 aromatic carbocycles. The van der Waals surface area contributed by atoms with Gasteiger partial charge in [-0.05, 0) is 142 Å². The maximum atomic E-state index is 5.61. The molecular formula is C72H43N3. The fraction of sp³-hybridized carbons (Fsp3) is 0.0139. The van der Waals surface area contributed by atoms with E-state index >= 15 is 0 Å². The predicted molar refractivity (Wildman–Crippen MR) is 311 cm³/mol. The molecule has 0 saturated heterocycles. The number of hydrogen-bond donors (Lipinski definition) is 0.